The average Bonchev–Trinajstić information content (AvgIpc) is 3.09. The van der Waals surface area contributed by atoms with Crippen LogP contribution in [0.5, 0.6) is 5.75 Å². The number of aryl methyl sites for hydroxylation is 3. The standard InChI is InChI=1S/C23H26N2O4/c1-13-7-6-8-20(15(13)3)29-17(5)23(27)25-24-21(26)11-18-12-28-22-16(4)14(2)9-10-19(18)22/h6-10,12,17H,11H2,1-5H3,(H,24,26)(H,25,27)/t17-/m0/s1. The van der Waals surface area contributed by atoms with Crippen LogP contribution in [-0.2, 0) is 16.0 Å². The molecule has 3 rings (SSSR count). The first kappa shape index (κ1) is 20.5. The highest BCUT2D eigenvalue weighted by Gasteiger charge is 2.18. The Morgan fingerprint density at radius 1 is 1.00 bits per heavy atom. The lowest BCUT2D eigenvalue weighted by molar-refractivity contribution is -0.132. The van der Waals surface area contributed by atoms with Crippen molar-refractivity contribution in [2.45, 2.75) is 47.1 Å². The molecule has 0 saturated heterocycles. The summed E-state index contributed by atoms with van der Waals surface area (Å²) in [5.41, 5.74) is 10.7. The van der Waals surface area contributed by atoms with Gasteiger partial charge in [0.2, 0.25) is 5.91 Å². The quantitative estimate of drug-likeness (QED) is 0.645. The van der Waals surface area contributed by atoms with Gasteiger partial charge in [0.05, 0.1) is 12.7 Å². The van der Waals surface area contributed by atoms with Crippen molar-refractivity contribution in [3.05, 3.63) is 64.4 Å². The van der Waals surface area contributed by atoms with E-state index in [1.165, 1.54) is 0 Å². The van der Waals surface area contributed by atoms with Gasteiger partial charge in [0.25, 0.3) is 5.91 Å². The summed E-state index contributed by atoms with van der Waals surface area (Å²) in [6, 6.07) is 9.63. The van der Waals surface area contributed by atoms with Crippen LogP contribution < -0.4 is 15.6 Å². The van der Waals surface area contributed by atoms with Gasteiger partial charge in [0.15, 0.2) is 6.10 Å². The topological polar surface area (TPSA) is 80.6 Å². The smallest absolute Gasteiger partial charge is 0.279 e. The largest absolute Gasteiger partial charge is 0.481 e. The molecule has 0 saturated carbocycles. The first-order valence-electron chi connectivity index (χ1n) is 9.55. The first-order chi connectivity index (χ1) is 13.8. The normalized spacial score (nSPS) is 11.9. The fourth-order valence-electron chi connectivity index (χ4n) is 3.07. The van der Waals surface area contributed by atoms with Crippen molar-refractivity contribution in [3.63, 3.8) is 0 Å². The second-order valence-corrected chi connectivity index (χ2v) is 7.32. The Balaban J connectivity index is 1.57. The molecule has 1 heterocycles. The molecule has 0 unspecified atom stereocenters. The van der Waals surface area contributed by atoms with Crippen LogP contribution in [0.3, 0.4) is 0 Å². The number of benzene rings is 2. The molecule has 0 bridgehead atoms. The summed E-state index contributed by atoms with van der Waals surface area (Å²) in [5, 5.41) is 0.904. The molecule has 29 heavy (non-hydrogen) atoms. The van der Waals surface area contributed by atoms with Crippen molar-refractivity contribution in [1.82, 2.24) is 10.9 Å². The van der Waals surface area contributed by atoms with Gasteiger partial charge in [0, 0.05) is 10.9 Å². The monoisotopic (exact) mass is 394 g/mol. The molecule has 0 fully saturated rings. The summed E-state index contributed by atoms with van der Waals surface area (Å²) in [4.78, 5) is 24.6. The Bertz CT molecular complexity index is 1070. The highest BCUT2D eigenvalue weighted by molar-refractivity contribution is 5.90. The van der Waals surface area contributed by atoms with Gasteiger partial charge < -0.3 is 9.15 Å². The Kier molecular flexibility index (Phi) is 5.92. The Labute approximate surface area is 170 Å². The fourth-order valence-corrected chi connectivity index (χ4v) is 3.07. The number of hydrogen-bond acceptors (Lipinski definition) is 4. The number of furan rings is 1. The predicted octanol–water partition coefficient (Wildman–Crippen LogP) is 3.82. The van der Waals surface area contributed by atoms with Crippen LogP contribution in [0.15, 0.2) is 41.0 Å². The minimum atomic E-state index is -0.754. The van der Waals surface area contributed by atoms with Crippen molar-refractivity contribution in [1.29, 1.82) is 0 Å². The summed E-state index contributed by atoms with van der Waals surface area (Å²) in [7, 11) is 0. The molecular weight excluding hydrogens is 368 g/mol. The van der Waals surface area contributed by atoms with Gasteiger partial charge in [-0.3, -0.25) is 20.4 Å². The molecule has 0 aliphatic rings. The molecule has 2 aromatic carbocycles. The maximum Gasteiger partial charge on any atom is 0.279 e. The minimum absolute atomic E-state index is 0.0992. The van der Waals surface area contributed by atoms with Crippen LogP contribution in [-0.4, -0.2) is 17.9 Å². The molecule has 6 nitrogen and oxygen atoms in total. The Morgan fingerprint density at radius 2 is 1.72 bits per heavy atom. The Hall–Kier alpha value is -3.28. The summed E-state index contributed by atoms with van der Waals surface area (Å²) >= 11 is 0. The molecule has 6 heteroatoms. The van der Waals surface area contributed by atoms with E-state index in [-0.39, 0.29) is 12.3 Å². The van der Waals surface area contributed by atoms with Crippen LogP contribution in [0.2, 0.25) is 0 Å². The number of hydrogen-bond donors (Lipinski definition) is 2. The third-order valence-corrected chi connectivity index (χ3v) is 5.25. The van der Waals surface area contributed by atoms with Gasteiger partial charge in [-0.1, -0.05) is 24.3 Å². The molecule has 3 aromatic rings. The number of carbonyl (C=O) groups is 2. The lowest BCUT2D eigenvalue weighted by Crippen LogP contribution is -2.47. The van der Waals surface area contributed by atoms with E-state index in [9.17, 15) is 9.59 Å². The first-order valence-corrected chi connectivity index (χ1v) is 9.55. The fraction of sp³-hybridized carbons (Fsp3) is 0.304. The second kappa shape index (κ2) is 8.39. The summed E-state index contributed by atoms with van der Waals surface area (Å²) in [5.74, 6) is -0.115. The number of ether oxygens (including phenoxy) is 1. The number of nitrogens with one attached hydrogen (secondary N) is 2. The number of hydrazine groups is 1. The second-order valence-electron chi connectivity index (χ2n) is 7.32. The van der Waals surface area contributed by atoms with E-state index >= 15 is 0 Å². The molecule has 1 atom stereocenters. The van der Waals surface area contributed by atoms with Gasteiger partial charge >= 0.3 is 0 Å². The van der Waals surface area contributed by atoms with Gasteiger partial charge in [-0.15, -0.1) is 0 Å². The van der Waals surface area contributed by atoms with E-state index in [1.54, 1.807) is 13.2 Å². The van der Waals surface area contributed by atoms with Crippen LogP contribution in [0.1, 0.15) is 34.7 Å². The van der Waals surface area contributed by atoms with Crippen LogP contribution in [0.25, 0.3) is 11.0 Å². The summed E-state index contributed by atoms with van der Waals surface area (Å²) in [6.45, 7) is 9.56. The highest BCUT2D eigenvalue weighted by atomic mass is 16.5. The lowest BCUT2D eigenvalue weighted by atomic mass is 10.0. The van der Waals surface area contributed by atoms with E-state index in [0.717, 1.165) is 38.8 Å². The summed E-state index contributed by atoms with van der Waals surface area (Å²) in [6.07, 6.45) is 0.934. The maximum atomic E-state index is 12.3. The molecular formula is C23H26N2O4. The van der Waals surface area contributed by atoms with Gasteiger partial charge in [-0.2, -0.15) is 0 Å². The predicted molar refractivity (Wildman–Crippen MR) is 112 cm³/mol. The van der Waals surface area contributed by atoms with Crippen LogP contribution >= 0.6 is 0 Å². The Morgan fingerprint density at radius 3 is 2.48 bits per heavy atom. The van der Waals surface area contributed by atoms with Crippen molar-refractivity contribution in [2.24, 2.45) is 0 Å². The lowest BCUT2D eigenvalue weighted by Gasteiger charge is -2.17. The number of rotatable bonds is 5. The zero-order valence-corrected chi connectivity index (χ0v) is 17.4. The third-order valence-electron chi connectivity index (χ3n) is 5.25. The number of amides is 2. The molecule has 152 valence electrons. The molecule has 1 aromatic heterocycles. The van der Waals surface area contributed by atoms with Gasteiger partial charge in [-0.25, -0.2) is 0 Å². The SMILES string of the molecule is Cc1cccc(O[C@@H](C)C(=O)NNC(=O)Cc2coc3c(C)c(C)ccc23)c1C. The molecule has 2 N–H and O–H groups in total. The molecule has 0 radical (unpaired) electrons. The van der Waals surface area contributed by atoms with Gasteiger partial charge in [-0.05, 0) is 62.9 Å². The van der Waals surface area contributed by atoms with E-state index < -0.39 is 12.0 Å². The summed E-state index contributed by atoms with van der Waals surface area (Å²) < 4.78 is 11.4. The zero-order chi connectivity index (χ0) is 21.1. The van der Waals surface area contributed by atoms with Crippen molar-refractivity contribution >= 4 is 22.8 Å². The van der Waals surface area contributed by atoms with Crippen molar-refractivity contribution < 1.29 is 18.7 Å². The molecule has 0 aliphatic heterocycles. The van der Waals surface area contributed by atoms with E-state index in [2.05, 4.69) is 10.9 Å². The van der Waals surface area contributed by atoms with Crippen molar-refractivity contribution in [3.8, 4) is 5.75 Å². The van der Waals surface area contributed by atoms with Gasteiger partial charge in [0.1, 0.15) is 11.3 Å². The average molecular weight is 394 g/mol. The van der Waals surface area contributed by atoms with E-state index in [1.807, 2.05) is 58.0 Å². The zero-order valence-electron chi connectivity index (χ0n) is 17.4. The minimum Gasteiger partial charge on any atom is -0.481 e. The number of carbonyl (C=O) groups excluding carboxylic acids is 2. The van der Waals surface area contributed by atoms with E-state index in [4.69, 9.17) is 9.15 Å². The van der Waals surface area contributed by atoms with Crippen LogP contribution in [0.4, 0.5) is 0 Å². The third kappa shape index (κ3) is 4.42. The molecule has 2 amide bonds. The van der Waals surface area contributed by atoms with Crippen LogP contribution in [0, 0.1) is 27.7 Å². The number of fused-ring (bicyclic) bond motifs is 1. The van der Waals surface area contributed by atoms with Crippen molar-refractivity contribution in [2.75, 3.05) is 0 Å². The highest BCUT2D eigenvalue weighted by Crippen LogP contribution is 2.26. The molecule has 0 spiro atoms. The maximum absolute atomic E-state index is 12.3. The molecule has 0 aliphatic carbocycles. The van der Waals surface area contributed by atoms with E-state index in [0.29, 0.717) is 5.75 Å².